The van der Waals surface area contributed by atoms with Crippen molar-refractivity contribution in [3.05, 3.63) is 70.8 Å². The molecule has 6 nitrogen and oxygen atoms in total. The van der Waals surface area contributed by atoms with E-state index < -0.39 is 0 Å². The van der Waals surface area contributed by atoms with Gasteiger partial charge in [0.25, 0.3) is 17.7 Å². The van der Waals surface area contributed by atoms with Crippen LogP contribution in [0.3, 0.4) is 0 Å². The van der Waals surface area contributed by atoms with Crippen LogP contribution in [0.2, 0.25) is 0 Å². The summed E-state index contributed by atoms with van der Waals surface area (Å²) in [7, 11) is 1.63. The van der Waals surface area contributed by atoms with Crippen LogP contribution in [0.5, 0.6) is 0 Å². The molecular weight excluding hydrogens is 380 g/mol. The second-order valence-electron chi connectivity index (χ2n) is 7.40. The smallest absolute Gasteiger partial charge is 0.261 e. The number of carbonyl (C=O) groups is 3. The summed E-state index contributed by atoms with van der Waals surface area (Å²) in [6, 6.07) is 14.1. The highest BCUT2D eigenvalue weighted by molar-refractivity contribution is 6.21. The van der Waals surface area contributed by atoms with Gasteiger partial charge in [-0.2, -0.15) is 0 Å². The van der Waals surface area contributed by atoms with Crippen LogP contribution in [0.1, 0.15) is 63.3 Å². The van der Waals surface area contributed by atoms with Crippen molar-refractivity contribution in [3.8, 4) is 0 Å². The maximum absolute atomic E-state index is 13.1. The van der Waals surface area contributed by atoms with Gasteiger partial charge in [0.1, 0.15) is 0 Å². The van der Waals surface area contributed by atoms with Crippen molar-refractivity contribution in [1.29, 1.82) is 0 Å². The SMILES string of the molecule is CCC(CC)N(CCOC)C(=O)c1ccc(CN2C(=O)c3ccccc3C2=O)cc1. The Labute approximate surface area is 177 Å². The normalized spacial score (nSPS) is 13.1. The Kier molecular flexibility index (Phi) is 7.00. The Balaban J connectivity index is 1.74. The summed E-state index contributed by atoms with van der Waals surface area (Å²) in [5.41, 5.74) is 2.26. The minimum absolute atomic E-state index is 0.0342. The lowest BCUT2D eigenvalue weighted by Gasteiger charge is -2.30. The zero-order valence-corrected chi connectivity index (χ0v) is 17.8. The monoisotopic (exact) mass is 408 g/mol. The molecule has 2 aromatic carbocycles. The third kappa shape index (κ3) is 4.28. The minimum atomic E-state index is -0.282. The molecule has 0 fully saturated rings. The molecule has 1 aliphatic rings. The fourth-order valence-electron chi connectivity index (χ4n) is 3.85. The lowest BCUT2D eigenvalue weighted by Crippen LogP contribution is -2.41. The van der Waals surface area contributed by atoms with Crippen molar-refractivity contribution in [2.24, 2.45) is 0 Å². The van der Waals surface area contributed by atoms with E-state index in [9.17, 15) is 14.4 Å². The molecule has 0 bridgehead atoms. The molecule has 0 saturated carbocycles. The number of methoxy groups -OCH3 is 1. The largest absolute Gasteiger partial charge is 0.383 e. The van der Waals surface area contributed by atoms with Crippen LogP contribution in [0, 0.1) is 0 Å². The maximum Gasteiger partial charge on any atom is 0.261 e. The first kappa shape index (κ1) is 21.7. The fraction of sp³-hybridized carbons (Fsp3) is 0.375. The number of nitrogens with zero attached hydrogens (tertiary/aromatic N) is 2. The van der Waals surface area contributed by atoms with Crippen LogP contribution in [0.15, 0.2) is 48.5 Å². The second kappa shape index (κ2) is 9.67. The Morgan fingerprint density at radius 1 is 0.967 bits per heavy atom. The van der Waals surface area contributed by atoms with Crippen LogP contribution < -0.4 is 0 Å². The van der Waals surface area contributed by atoms with Crippen LogP contribution in [0.25, 0.3) is 0 Å². The summed E-state index contributed by atoms with van der Waals surface area (Å²) in [4.78, 5) is 41.3. The minimum Gasteiger partial charge on any atom is -0.383 e. The number of rotatable bonds is 9. The molecule has 6 heteroatoms. The maximum atomic E-state index is 13.1. The van der Waals surface area contributed by atoms with E-state index in [0.29, 0.717) is 29.8 Å². The standard InChI is InChI=1S/C24H28N2O4/c1-4-19(5-2)25(14-15-30-3)22(27)18-12-10-17(11-13-18)16-26-23(28)20-8-6-7-9-21(20)24(26)29/h6-13,19H,4-5,14-16H2,1-3H3. The molecule has 0 saturated heterocycles. The van der Waals surface area contributed by atoms with Crippen molar-refractivity contribution in [1.82, 2.24) is 9.80 Å². The lowest BCUT2D eigenvalue weighted by molar-refractivity contribution is 0.0587. The molecule has 0 atom stereocenters. The highest BCUT2D eigenvalue weighted by Gasteiger charge is 2.35. The topological polar surface area (TPSA) is 66.9 Å². The van der Waals surface area contributed by atoms with E-state index in [1.807, 2.05) is 4.90 Å². The van der Waals surface area contributed by atoms with Crippen molar-refractivity contribution in [3.63, 3.8) is 0 Å². The van der Waals surface area contributed by atoms with Crippen LogP contribution >= 0.6 is 0 Å². The quantitative estimate of drug-likeness (QED) is 0.593. The van der Waals surface area contributed by atoms with Crippen molar-refractivity contribution in [2.45, 2.75) is 39.3 Å². The van der Waals surface area contributed by atoms with Gasteiger partial charge in [-0.15, -0.1) is 0 Å². The zero-order chi connectivity index (χ0) is 21.7. The number of ether oxygens (including phenoxy) is 1. The van der Waals surface area contributed by atoms with Gasteiger partial charge in [0.15, 0.2) is 0 Å². The van der Waals surface area contributed by atoms with E-state index in [-0.39, 0.29) is 30.3 Å². The fourth-order valence-corrected chi connectivity index (χ4v) is 3.85. The van der Waals surface area contributed by atoms with E-state index in [0.717, 1.165) is 18.4 Å². The Morgan fingerprint density at radius 3 is 2.03 bits per heavy atom. The average molecular weight is 408 g/mol. The van der Waals surface area contributed by atoms with Crippen molar-refractivity contribution >= 4 is 17.7 Å². The summed E-state index contributed by atoms with van der Waals surface area (Å²) in [6.45, 7) is 5.36. The molecular formula is C24H28N2O4. The highest BCUT2D eigenvalue weighted by atomic mass is 16.5. The molecule has 1 aliphatic heterocycles. The van der Waals surface area contributed by atoms with E-state index in [2.05, 4.69) is 13.8 Å². The van der Waals surface area contributed by atoms with E-state index in [4.69, 9.17) is 4.74 Å². The van der Waals surface area contributed by atoms with Gasteiger partial charge in [-0.1, -0.05) is 38.1 Å². The van der Waals surface area contributed by atoms with Crippen molar-refractivity contribution < 1.29 is 19.1 Å². The van der Waals surface area contributed by atoms with Crippen LogP contribution in [0.4, 0.5) is 0 Å². The van der Waals surface area contributed by atoms with Crippen molar-refractivity contribution in [2.75, 3.05) is 20.3 Å². The first-order valence-corrected chi connectivity index (χ1v) is 10.4. The number of fused-ring (bicyclic) bond motifs is 1. The van der Waals surface area contributed by atoms with E-state index in [1.54, 1.807) is 55.6 Å². The number of carbonyl (C=O) groups excluding carboxylic acids is 3. The lowest BCUT2D eigenvalue weighted by atomic mass is 10.1. The highest BCUT2D eigenvalue weighted by Crippen LogP contribution is 2.24. The molecule has 30 heavy (non-hydrogen) atoms. The first-order valence-electron chi connectivity index (χ1n) is 10.4. The summed E-state index contributed by atoms with van der Waals surface area (Å²) >= 11 is 0. The van der Waals surface area contributed by atoms with Gasteiger partial charge in [0.05, 0.1) is 24.3 Å². The van der Waals surface area contributed by atoms with E-state index >= 15 is 0 Å². The molecule has 0 spiro atoms. The molecule has 0 N–H and O–H groups in total. The molecule has 0 aliphatic carbocycles. The summed E-state index contributed by atoms with van der Waals surface area (Å²) in [6.07, 6.45) is 1.76. The van der Waals surface area contributed by atoms with Gasteiger partial charge in [-0.3, -0.25) is 19.3 Å². The predicted molar refractivity (Wildman–Crippen MR) is 114 cm³/mol. The third-order valence-corrected chi connectivity index (χ3v) is 5.60. The first-order chi connectivity index (χ1) is 14.5. The average Bonchev–Trinajstić information content (AvgIpc) is 3.02. The summed E-state index contributed by atoms with van der Waals surface area (Å²) in [5, 5.41) is 0. The zero-order valence-electron chi connectivity index (χ0n) is 17.8. The molecule has 3 amide bonds. The van der Waals surface area contributed by atoms with Gasteiger partial charge in [-0.25, -0.2) is 0 Å². The van der Waals surface area contributed by atoms with Crippen LogP contribution in [-0.2, 0) is 11.3 Å². The molecule has 0 aromatic heterocycles. The molecule has 3 rings (SSSR count). The predicted octanol–water partition coefficient (Wildman–Crippen LogP) is 3.76. The number of hydrogen-bond acceptors (Lipinski definition) is 4. The Hall–Kier alpha value is -2.99. The second-order valence-corrected chi connectivity index (χ2v) is 7.40. The Bertz CT molecular complexity index is 884. The molecule has 0 unspecified atom stereocenters. The molecule has 158 valence electrons. The molecule has 2 aromatic rings. The number of benzene rings is 2. The summed E-state index contributed by atoms with van der Waals surface area (Å²) in [5.74, 6) is -0.599. The molecule has 1 heterocycles. The molecule has 0 radical (unpaired) electrons. The van der Waals surface area contributed by atoms with Gasteiger partial charge < -0.3 is 9.64 Å². The number of imide groups is 1. The number of amides is 3. The Morgan fingerprint density at radius 2 is 1.53 bits per heavy atom. The van der Waals surface area contributed by atoms with Crippen LogP contribution in [-0.4, -0.2) is 53.8 Å². The third-order valence-electron chi connectivity index (χ3n) is 5.60. The number of hydrogen-bond donors (Lipinski definition) is 0. The van der Waals surface area contributed by atoms with Gasteiger partial charge in [0.2, 0.25) is 0 Å². The van der Waals surface area contributed by atoms with Gasteiger partial charge in [-0.05, 0) is 42.7 Å². The van der Waals surface area contributed by atoms with E-state index in [1.165, 1.54) is 4.90 Å². The van der Waals surface area contributed by atoms with Gasteiger partial charge >= 0.3 is 0 Å². The summed E-state index contributed by atoms with van der Waals surface area (Å²) < 4.78 is 5.17. The van der Waals surface area contributed by atoms with Gasteiger partial charge in [0, 0.05) is 25.3 Å².